The van der Waals surface area contributed by atoms with Gasteiger partial charge in [0.25, 0.3) is 0 Å². The summed E-state index contributed by atoms with van der Waals surface area (Å²) < 4.78 is 0. The van der Waals surface area contributed by atoms with Gasteiger partial charge in [0.05, 0.1) is 5.69 Å². The Balaban J connectivity index is 2.96. The Hall–Kier alpha value is -1.05. The third-order valence-corrected chi connectivity index (χ3v) is 0.731. The van der Waals surface area contributed by atoms with Crippen LogP contribution in [0.1, 0.15) is 5.69 Å². The van der Waals surface area contributed by atoms with E-state index < -0.39 is 0 Å². The number of aromatic nitrogens is 2. The van der Waals surface area contributed by atoms with Crippen molar-refractivity contribution in [3.63, 3.8) is 0 Å². The fourth-order valence-electron chi connectivity index (χ4n) is 0.385. The zero-order valence-corrected chi connectivity index (χ0v) is 3.89. The van der Waals surface area contributed by atoms with Crippen molar-refractivity contribution in [3.8, 4) is 0 Å². The molecule has 0 spiro atoms. The molecule has 0 aromatic carbocycles. The first-order valence-electron chi connectivity index (χ1n) is 2.05. The van der Waals surface area contributed by atoms with Crippen LogP contribution in [0.2, 0.25) is 0 Å². The molecule has 1 N–H and O–H groups in total. The van der Waals surface area contributed by atoms with Gasteiger partial charge in [0.1, 0.15) is 0 Å². The number of H-pyrrole nitrogens is 1. The van der Waals surface area contributed by atoms with E-state index in [1.807, 2.05) is 6.07 Å². The molecule has 0 bridgehead atoms. The predicted octanol–water partition coefficient (Wildman–Crippen LogP) is 1.05. The van der Waals surface area contributed by atoms with Crippen LogP contribution < -0.4 is 0 Å². The van der Waals surface area contributed by atoms with Gasteiger partial charge in [-0.05, 0) is 12.1 Å². The largest absolute Gasteiger partial charge is 0.285 e. The van der Waals surface area contributed by atoms with Crippen LogP contribution in [-0.4, -0.2) is 10.2 Å². The lowest BCUT2D eigenvalue weighted by Crippen LogP contribution is -1.66. The summed E-state index contributed by atoms with van der Waals surface area (Å²) in [6, 6.07) is 1.85. The van der Waals surface area contributed by atoms with Gasteiger partial charge < -0.3 is 0 Å². The number of rotatable bonds is 1. The van der Waals surface area contributed by atoms with Gasteiger partial charge in [-0.3, -0.25) is 5.10 Å². The van der Waals surface area contributed by atoms with Crippen molar-refractivity contribution in [2.45, 2.75) is 0 Å². The molecule has 2 heteroatoms. The van der Waals surface area contributed by atoms with E-state index in [-0.39, 0.29) is 0 Å². The molecule has 1 aromatic rings. The van der Waals surface area contributed by atoms with Crippen molar-refractivity contribution in [1.29, 1.82) is 0 Å². The van der Waals surface area contributed by atoms with Gasteiger partial charge in [-0.25, -0.2) is 0 Å². The van der Waals surface area contributed by atoms with Gasteiger partial charge in [0.2, 0.25) is 0 Å². The van der Waals surface area contributed by atoms with Crippen molar-refractivity contribution >= 4 is 6.08 Å². The average molecular weight is 94.1 g/mol. The molecule has 0 saturated heterocycles. The Labute approximate surface area is 41.9 Å². The summed E-state index contributed by atoms with van der Waals surface area (Å²) in [5.41, 5.74) is 0.889. The minimum Gasteiger partial charge on any atom is -0.285 e. The summed E-state index contributed by atoms with van der Waals surface area (Å²) in [7, 11) is 0. The summed E-state index contributed by atoms with van der Waals surface area (Å²) in [6.45, 7) is 3.52. The third-order valence-electron chi connectivity index (χ3n) is 0.731. The molecule has 1 rings (SSSR count). The molecule has 0 radical (unpaired) electrons. The van der Waals surface area contributed by atoms with E-state index in [4.69, 9.17) is 0 Å². The molecule has 36 valence electrons. The smallest absolute Gasteiger partial charge is 0.0842 e. The van der Waals surface area contributed by atoms with Gasteiger partial charge in [0.15, 0.2) is 0 Å². The minimum atomic E-state index is 0.889. The summed E-state index contributed by atoms with van der Waals surface area (Å²) in [6.07, 6.45) is 3.45. The summed E-state index contributed by atoms with van der Waals surface area (Å²) >= 11 is 0. The molecule has 1 aromatic heterocycles. The molecule has 0 aliphatic heterocycles. The lowest BCUT2D eigenvalue weighted by molar-refractivity contribution is 1.08. The molecular formula is C5H6N2. The van der Waals surface area contributed by atoms with Crippen molar-refractivity contribution in [1.82, 2.24) is 10.2 Å². The van der Waals surface area contributed by atoms with Crippen molar-refractivity contribution in [2.75, 3.05) is 0 Å². The van der Waals surface area contributed by atoms with Crippen LogP contribution in [0.4, 0.5) is 0 Å². The topological polar surface area (TPSA) is 28.7 Å². The molecule has 0 aliphatic carbocycles. The maximum absolute atomic E-state index is 3.79. The number of nitrogens with one attached hydrogen (secondary N) is 1. The molecule has 0 aliphatic rings. The first-order chi connectivity index (χ1) is 3.43. The van der Waals surface area contributed by atoms with Crippen molar-refractivity contribution in [2.24, 2.45) is 0 Å². The van der Waals surface area contributed by atoms with Gasteiger partial charge in [-0.2, -0.15) is 5.10 Å². The third kappa shape index (κ3) is 0.682. The van der Waals surface area contributed by atoms with Gasteiger partial charge in [0, 0.05) is 6.20 Å². The number of aromatic amines is 1. The van der Waals surface area contributed by atoms with Gasteiger partial charge in [-0.1, -0.05) is 6.58 Å². The molecular weight excluding hydrogens is 88.1 g/mol. The summed E-state index contributed by atoms with van der Waals surface area (Å²) in [5.74, 6) is 0. The highest BCUT2D eigenvalue weighted by Gasteiger charge is 1.79. The number of hydrogen-bond donors (Lipinski definition) is 1. The highest BCUT2D eigenvalue weighted by Crippen LogP contribution is 1.89. The molecule has 7 heavy (non-hydrogen) atoms. The van der Waals surface area contributed by atoms with Crippen LogP contribution in [-0.2, 0) is 0 Å². The Bertz CT molecular complexity index is 141. The van der Waals surface area contributed by atoms with Crippen LogP contribution in [0, 0.1) is 0 Å². The van der Waals surface area contributed by atoms with E-state index in [1.165, 1.54) is 0 Å². The number of nitrogens with zero attached hydrogens (tertiary/aromatic N) is 1. The summed E-state index contributed by atoms with van der Waals surface area (Å²) in [4.78, 5) is 0. The van der Waals surface area contributed by atoms with E-state index in [1.54, 1.807) is 12.3 Å². The minimum absolute atomic E-state index is 0.889. The highest BCUT2D eigenvalue weighted by molar-refractivity contribution is 5.39. The Morgan fingerprint density at radius 3 is 3.00 bits per heavy atom. The molecule has 1 heterocycles. The van der Waals surface area contributed by atoms with Crippen molar-refractivity contribution < 1.29 is 0 Å². The van der Waals surface area contributed by atoms with E-state index in [2.05, 4.69) is 16.8 Å². The second kappa shape index (κ2) is 1.60. The predicted molar refractivity (Wildman–Crippen MR) is 28.7 cm³/mol. The lowest BCUT2D eigenvalue weighted by atomic mass is 10.4. The first kappa shape index (κ1) is 4.12. The summed E-state index contributed by atoms with van der Waals surface area (Å²) in [5, 5.41) is 6.45. The van der Waals surface area contributed by atoms with Crippen LogP contribution in [0.15, 0.2) is 18.8 Å². The maximum Gasteiger partial charge on any atom is 0.0842 e. The molecule has 0 saturated carbocycles. The SMILES string of the molecule is C=Cc1cc[nH]n1. The fourth-order valence-corrected chi connectivity index (χ4v) is 0.385. The standard InChI is InChI=1S/C5H6N2/c1-2-5-3-4-6-7-5/h2-4H,1H2,(H,6,7). The van der Waals surface area contributed by atoms with Crippen molar-refractivity contribution in [3.05, 3.63) is 24.5 Å². The van der Waals surface area contributed by atoms with E-state index in [9.17, 15) is 0 Å². The van der Waals surface area contributed by atoms with E-state index in [0.29, 0.717) is 0 Å². The Morgan fingerprint density at radius 1 is 1.86 bits per heavy atom. The second-order valence-corrected chi connectivity index (χ2v) is 1.20. The zero-order chi connectivity index (χ0) is 5.11. The molecule has 2 nitrogen and oxygen atoms in total. The van der Waals surface area contributed by atoms with E-state index >= 15 is 0 Å². The molecule has 0 fully saturated rings. The highest BCUT2D eigenvalue weighted by atomic mass is 15.1. The monoisotopic (exact) mass is 94.1 g/mol. The van der Waals surface area contributed by atoms with Crippen LogP contribution in [0.3, 0.4) is 0 Å². The average Bonchev–Trinajstić information content (AvgIpc) is 2.14. The maximum atomic E-state index is 3.79. The second-order valence-electron chi connectivity index (χ2n) is 1.20. The quantitative estimate of drug-likeness (QED) is 0.553. The first-order valence-corrected chi connectivity index (χ1v) is 2.05. The molecule has 0 atom stereocenters. The Morgan fingerprint density at radius 2 is 2.71 bits per heavy atom. The molecule has 0 amide bonds. The fraction of sp³-hybridized carbons (Fsp3) is 0. The van der Waals surface area contributed by atoms with Crippen LogP contribution in [0.5, 0.6) is 0 Å². The normalized spacial score (nSPS) is 8.57. The lowest BCUT2D eigenvalue weighted by Gasteiger charge is -1.70. The van der Waals surface area contributed by atoms with Gasteiger partial charge >= 0.3 is 0 Å². The molecule has 0 unspecified atom stereocenters. The van der Waals surface area contributed by atoms with E-state index in [0.717, 1.165) is 5.69 Å². The number of hydrogen-bond acceptors (Lipinski definition) is 1. The van der Waals surface area contributed by atoms with Gasteiger partial charge in [-0.15, -0.1) is 0 Å². The zero-order valence-electron chi connectivity index (χ0n) is 3.89. The van der Waals surface area contributed by atoms with Crippen LogP contribution >= 0.6 is 0 Å². The Kier molecular flexibility index (Phi) is 0.941. The van der Waals surface area contributed by atoms with Crippen LogP contribution in [0.25, 0.3) is 6.08 Å².